The number of halogens is 6. The summed E-state index contributed by atoms with van der Waals surface area (Å²) in [6.07, 6.45) is -7.94. The van der Waals surface area contributed by atoms with Crippen LogP contribution < -0.4 is 0 Å². The molecule has 3 rings (SSSR count). The minimum atomic E-state index is -5.08. The second-order valence-corrected chi connectivity index (χ2v) is 5.02. The number of pyridine rings is 1. The molecule has 0 unspecified atom stereocenters. The summed E-state index contributed by atoms with van der Waals surface area (Å²) in [4.78, 5) is 17.0. The van der Waals surface area contributed by atoms with Gasteiger partial charge in [0, 0.05) is 11.8 Å². The molecule has 148 valence electrons. The Morgan fingerprint density at radius 1 is 1.00 bits per heavy atom. The number of alkyl halides is 6. The summed E-state index contributed by atoms with van der Waals surface area (Å²) in [6, 6.07) is 9.89. The Labute approximate surface area is 152 Å². The number of hydrogen-bond donors (Lipinski definition) is 1. The van der Waals surface area contributed by atoms with Crippen molar-refractivity contribution < 1.29 is 40.8 Å². The van der Waals surface area contributed by atoms with Gasteiger partial charge in [0.1, 0.15) is 5.69 Å². The molecule has 0 bridgehead atoms. The molecule has 6 nitrogen and oxygen atoms in total. The second-order valence-electron chi connectivity index (χ2n) is 5.02. The first kappa shape index (κ1) is 20.9. The van der Waals surface area contributed by atoms with Crippen molar-refractivity contribution in [3.8, 4) is 23.0 Å². The standard InChI is InChI=1S/C14H8F3N3O.C2HF3O2/c15-14(16,17)10-5-3-4-9(8-10)13-19-12(20-21-13)11-6-1-2-7-18-11;3-2(4,5)1(6)7/h1-8H;(H,6,7). The molecule has 12 heteroatoms. The normalized spacial score (nSPS) is 11.5. The van der Waals surface area contributed by atoms with Crippen molar-refractivity contribution in [3.05, 3.63) is 54.2 Å². The summed E-state index contributed by atoms with van der Waals surface area (Å²) in [7, 11) is 0. The zero-order valence-corrected chi connectivity index (χ0v) is 13.5. The highest BCUT2D eigenvalue weighted by Gasteiger charge is 2.38. The van der Waals surface area contributed by atoms with Crippen LogP contribution in [-0.4, -0.2) is 32.4 Å². The van der Waals surface area contributed by atoms with E-state index in [0.717, 1.165) is 12.1 Å². The van der Waals surface area contributed by atoms with E-state index in [1.54, 1.807) is 24.4 Å². The summed E-state index contributed by atoms with van der Waals surface area (Å²) in [5, 5.41) is 10.8. The molecule has 0 atom stereocenters. The number of carboxylic acid groups (broad SMARTS) is 1. The lowest BCUT2D eigenvalue weighted by Gasteiger charge is -2.06. The molecule has 1 N–H and O–H groups in total. The van der Waals surface area contributed by atoms with Crippen LogP contribution in [0.25, 0.3) is 23.0 Å². The Kier molecular flexibility index (Phi) is 6.01. The van der Waals surface area contributed by atoms with Gasteiger partial charge in [0.15, 0.2) is 0 Å². The fourth-order valence-electron chi connectivity index (χ4n) is 1.77. The van der Waals surface area contributed by atoms with E-state index < -0.39 is 23.9 Å². The minimum Gasteiger partial charge on any atom is -0.475 e. The fraction of sp³-hybridized carbons (Fsp3) is 0.125. The number of hydrogen-bond acceptors (Lipinski definition) is 5. The van der Waals surface area contributed by atoms with E-state index >= 15 is 0 Å². The minimum absolute atomic E-state index is 0.0155. The van der Waals surface area contributed by atoms with Crippen LogP contribution in [-0.2, 0) is 11.0 Å². The third-order valence-corrected chi connectivity index (χ3v) is 3.00. The van der Waals surface area contributed by atoms with Crippen molar-refractivity contribution in [2.75, 3.05) is 0 Å². The molecule has 0 saturated heterocycles. The predicted octanol–water partition coefficient (Wildman–Crippen LogP) is 4.45. The van der Waals surface area contributed by atoms with E-state index in [9.17, 15) is 26.3 Å². The van der Waals surface area contributed by atoms with E-state index in [1.165, 1.54) is 12.1 Å². The highest BCUT2D eigenvalue weighted by atomic mass is 19.4. The third kappa shape index (κ3) is 5.53. The van der Waals surface area contributed by atoms with Crippen LogP contribution in [0.2, 0.25) is 0 Å². The van der Waals surface area contributed by atoms with Gasteiger partial charge in [0.05, 0.1) is 5.56 Å². The number of aliphatic carboxylic acids is 1. The van der Waals surface area contributed by atoms with Crippen molar-refractivity contribution in [1.29, 1.82) is 0 Å². The van der Waals surface area contributed by atoms with Gasteiger partial charge in [-0.05, 0) is 30.3 Å². The molecule has 0 amide bonds. The Balaban J connectivity index is 0.000000345. The molecule has 2 aromatic heterocycles. The molecule has 0 saturated carbocycles. The number of rotatable bonds is 2. The molecule has 3 aromatic rings. The number of nitrogens with zero attached hydrogens (tertiary/aromatic N) is 3. The van der Waals surface area contributed by atoms with Gasteiger partial charge in [-0.2, -0.15) is 31.3 Å². The Morgan fingerprint density at radius 3 is 2.21 bits per heavy atom. The maximum absolute atomic E-state index is 12.7. The average molecular weight is 405 g/mol. The largest absolute Gasteiger partial charge is 0.490 e. The smallest absolute Gasteiger partial charge is 0.475 e. The second kappa shape index (κ2) is 8.06. The molecular formula is C16H9F6N3O3. The monoisotopic (exact) mass is 405 g/mol. The molecule has 28 heavy (non-hydrogen) atoms. The molecule has 0 spiro atoms. The Hall–Kier alpha value is -3.44. The maximum atomic E-state index is 12.7. The van der Waals surface area contributed by atoms with Gasteiger partial charge in [-0.1, -0.05) is 17.3 Å². The van der Waals surface area contributed by atoms with Gasteiger partial charge < -0.3 is 9.63 Å². The average Bonchev–Trinajstić information content (AvgIpc) is 3.12. The maximum Gasteiger partial charge on any atom is 0.490 e. The lowest BCUT2D eigenvalue weighted by atomic mass is 10.1. The van der Waals surface area contributed by atoms with Gasteiger partial charge in [-0.15, -0.1) is 0 Å². The van der Waals surface area contributed by atoms with Crippen LogP contribution in [0.3, 0.4) is 0 Å². The summed E-state index contributed by atoms with van der Waals surface area (Å²) < 4.78 is 74.8. The third-order valence-electron chi connectivity index (χ3n) is 3.00. The zero-order chi connectivity index (χ0) is 20.9. The van der Waals surface area contributed by atoms with Gasteiger partial charge in [0.25, 0.3) is 5.89 Å². The molecule has 2 heterocycles. The van der Waals surface area contributed by atoms with Crippen molar-refractivity contribution >= 4 is 5.97 Å². The summed E-state index contributed by atoms with van der Waals surface area (Å²) >= 11 is 0. The van der Waals surface area contributed by atoms with Crippen LogP contribution in [0.5, 0.6) is 0 Å². The predicted molar refractivity (Wildman–Crippen MR) is 81.7 cm³/mol. The van der Waals surface area contributed by atoms with E-state index in [4.69, 9.17) is 14.4 Å². The van der Waals surface area contributed by atoms with Gasteiger partial charge in [-0.25, -0.2) is 4.79 Å². The molecular weight excluding hydrogens is 396 g/mol. The number of benzene rings is 1. The number of carboxylic acids is 1. The lowest BCUT2D eigenvalue weighted by molar-refractivity contribution is -0.192. The van der Waals surface area contributed by atoms with Gasteiger partial charge in [0.2, 0.25) is 5.82 Å². The Morgan fingerprint density at radius 2 is 1.68 bits per heavy atom. The molecule has 0 aliphatic heterocycles. The highest BCUT2D eigenvalue weighted by molar-refractivity contribution is 5.73. The van der Waals surface area contributed by atoms with Crippen LogP contribution >= 0.6 is 0 Å². The summed E-state index contributed by atoms with van der Waals surface area (Å²) in [6.45, 7) is 0. The van der Waals surface area contributed by atoms with E-state index in [-0.39, 0.29) is 17.3 Å². The fourth-order valence-corrected chi connectivity index (χ4v) is 1.77. The van der Waals surface area contributed by atoms with Crippen LogP contribution in [0, 0.1) is 0 Å². The van der Waals surface area contributed by atoms with Gasteiger partial charge in [-0.3, -0.25) is 4.98 Å². The number of carbonyl (C=O) groups is 1. The first-order valence-corrected chi connectivity index (χ1v) is 7.21. The first-order chi connectivity index (χ1) is 13.0. The molecule has 1 aromatic carbocycles. The summed E-state index contributed by atoms with van der Waals surface area (Å²) in [5.74, 6) is -2.52. The Bertz CT molecular complexity index is 939. The first-order valence-electron chi connectivity index (χ1n) is 7.21. The number of aromatic nitrogens is 3. The van der Waals surface area contributed by atoms with Crippen LogP contribution in [0.15, 0.2) is 53.2 Å². The summed E-state index contributed by atoms with van der Waals surface area (Å²) in [5.41, 5.74) is -0.0726. The van der Waals surface area contributed by atoms with Crippen molar-refractivity contribution in [3.63, 3.8) is 0 Å². The van der Waals surface area contributed by atoms with Gasteiger partial charge >= 0.3 is 18.3 Å². The SMILES string of the molecule is FC(F)(F)c1cccc(-c2nc(-c3ccccn3)no2)c1.O=C(O)C(F)(F)F. The molecule has 0 radical (unpaired) electrons. The topological polar surface area (TPSA) is 89.1 Å². The molecule has 0 fully saturated rings. The molecule has 0 aliphatic carbocycles. The lowest BCUT2D eigenvalue weighted by Crippen LogP contribution is -2.21. The van der Waals surface area contributed by atoms with E-state index in [1.807, 2.05) is 0 Å². The highest BCUT2D eigenvalue weighted by Crippen LogP contribution is 2.32. The van der Waals surface area contributed by atoms with Crippen LogP contribution in [0.1, 0.15) is 5.56 Å². The van der Waals surface area contributed by atoms with E-state index in [0.29, 0.717) is 5.69 Å². The zero-order valence-electron chi connectivity index (χ0n) is 13.5. The van der Waals surface area contributed by atoms with E-state index in [2.05, 4.69) is 15.1 Å². The van der Waals surface area contributed by atoms with Crippen molar-refractivity contribution in [1.82, 2.24) is 15.1 Å². The van der Waals surface area contributed by atoms with Crippen molar-refractivity contribution in [2.45, 2.75) is 12.4 Å². The van der Waals surface area contributed by atoms with Crippen LogP contribution in [0.4, 0.5) is 26.3 Å². The van der Waals surface area contributed by atoms with Crippen molar-refractivity contribution in [2.24, 2.45) is 0 Å². The molecule has 0 aliphatic rings. The quantitative estimate of drug-likeness (QED) is 0.634.